The summed E-state index contributed by atoms with van der Waals surface area (Å²) in [6, 6.07) is 30.4. The number of methoxy groups -OCH3 is 1. The molecule has 218 valence electrons. The minimum atomic E-state index is -1.03. The highest BCUT2D eigenvalue weighted by molar-refractivity contribution is 5.87. The molecule has 1 saturated heterocycles. The van der Waals surface area contributed by atoms with Crippen LogP contribution in [0.3, 0.4) is 0 Å². The lowest BCUT2D eigenvalue weighted by Crippen LogP contribution is -2.38. The van der Waals surface area contributed by atoms with E-state index in [9.17, 15) is 14.4 Å². The van der Waals surface area contributed by atoms with Crippen molar-refractivity contribution >= 4 is 5.97 Å². The van der Waals surface area contributed by atoms with Crippen molar-refractivity contribution in [3.05, 3.63) is 153 Å². The highest BCUT2D eigenvalue weighted by atomic mass is 16.6. The van der Waals surface area contributed by atoms with Gasteiger partial charge in [-0.05, 0) is 16.7 Å². The molecule has 1 N–H and O–H groups in total. The molecule has 5 aromatic rings. The van der Waals surface area contributed by atoms with E-state index in [1.54, 1.807) is 0 Å². The van der Waals surface area contributed by atoms with Crippen molar-refractivity contribution in [3.8, 4) is 0 Å². The minimum Gasteiger partial charge on any atom is -0.464 e. The van der Waals surface area contributed by atoms with Gasteiger partial charge in [0.05, 0.1) is 26.0 Å². The maximum Gasteiger partial charge on any atom is 0.358 e. The Hall–Kier alpha value is -5.13. The van der Waals surface area contributed by atoms with Gasteiger partial charge in [0.15, 0.2) is 5.69 Å². The van der Waals surface area contributed by atoms with Crippen molar-refractivity contribution in [2.45, 2.75) is 30.4 Å². The van der Waals surface area contributed by atoms with Crippen LogP contribution in [0.15, 0.2) is 119 Å². The minimum absolute atomic E-state index is 0.0401. The zero-order chi connectivity index (χ0) is 29.8. The third kappa shape index (κ3) is 5.31. The molecule has 6 rings (SSSR count). The molecule has 3 heterocycles. The molecule has 0 spiro atoms. The molecule has 3 aromatic carbocycles. The van der Waals surface area contributed by atoms with Crippen molar-refractivity contribution in [3.63, 3.8) is 0 Å². The summed E-state index contributed by atoms with van der Waals surface area (Å²) in [6.45, 7) is 0.0401. The molecule has 0 saturated carbocycles. The number of aromatic nitrogens is 5. The molecule has 0 bridgehead atoms. The molecule has 11 nitrogen and oxygen atoms in total. The van der Waals surface area contributed by atoms with E-state index in [4.69, 9.17) is 14.2 Å². The number of ether oxygens (including phenoxy) is 3. The highest BCUT2D eigenvalue weighted by Crippen LogP contribution is 2.43. The van der Waals surface area contributed by atoms with E-state index in [-0.39, 0.29) is 18.7 Å². The Labute approximate surface area is 246 Å². The molecule has 0 aliphatic carbocycles. The van der Waals surface area contributed by atoms with Gasteiger partial charge in [0, 0.05) is 18.7 Å². The monoisotopic (exact) mass is 579 g/mol. The Bertz CT molecular complexity index is 1710. The predicted octanol–water partition coefficient (Wildman–Crippen LogP) is 3.45. The first kappa shape index (κ1) is 28.0. The molecule has 2 aromatic heterocycles. The number of rotatable bonds is 9. The molecule has 1 aliphatic heterocycles. The summed E-state index contributed by atoms with van der Waals surface area (Å²) in [5.74, 6) is -0.610. The van der Waals surface area contributed by atoms with Gasteiger partial charge in [0.2, 0.25) is 0 Å². The van der Waals surface area contributed by atoms with Gasteiger partial charge in [-0.25, -0.2) is 14.3 Å². The number of nitrogens with one attached hydrogen (secondary N) is 1. The summed E-state index contributed by atoms with van der Waals surface area (Å²) >= 11 is 0. The fourth-order valence-electron chi connectivity index (χ4n) is 5.66. The summed E-state index contributed by atoms with van der Waals surface area (Å²) in [7, 11) is 1.28. The average Bonchev–Trinajstić information content (AvgIpc) is 3.70. The van der Waals surface area contributed by atoms with Gasteiger partial charge in [-0.2, -0.15) is 0 Å². The summed E-state index contributed by atoms with van der Waals surface area (Å²) in [5, 5.41) is 8.13. The van der Waals surface area contributed by atoms with Crippen molar-refractivity contribution < 1.29 is 19.0 Å². The molecule has 1 aliphatic rings. The lowest BCUT2D eigenvalue weighted by atomic mass is 9.80. The number of carbonyl (C=O) groups excluding carboxylic acids is 1. The second-order valence-corrected chi connectivity index (χ2v) is 10.1. The van der Waals surface area contributed by atoms with Crippen LogP contribution in [0.2, 0.25) is 0 Å². The van der Waals surface area contributed by atoms with Crippen LogP contribution in [-0.4, -0.2) is 50.3 Å². The number of esters is 1. The van der Waals surface area contributed by atoms with E-state index in [0.29, 0.717) is 0 Å². The Morgan fingerprint density at radius 1 is 0.930 bits per heavy atom. The first-order valence-corrected chi connectivity index (χ1v) is 13.8. The molecular weight excluding hydrogens is 550 g/mol. The lowest BCUT2D eigenvalue weighted by molar-refractivity contribution is -0.0844. The Kier molecular flexibility index (Phi) is 7.82. The molecule has 0 amide bonds. The summed E-state index contributed by atoms with van der Waals surface area (Å²) in [4.78, 5) is 39.3. The third-order valence-corrected chi connectivity index (χ3v) is 7.65. The smallest absolute Gasteiger partial charge is 0.358 e. The largest absolute Gasteiger partial charge is 0.464 e. The van der Waals surface area contributed by atoms with Crippen LogP contribution < -0.4 is 11.2 Å². The average molecular weight is 580 g/mol. The normalized spacial score (nSPS) is 18.4. The van der Waals surface area contributed by atoms with E-state index in [1.165, 1.54) is 34.8 Å². The molecule has 0 radical (unpaired) electrons. The van der Waals surface area contributed by atoms with E-state index < -0.39 is 41.2 Å². The second-order valence-electron chi connectivity index (χ2n) is 10.1. The number of carbonyl (C=O) groups is 1. The van der Waals surface area contributed by atoms with E-state index in [1.807, 2.05) is 91.0 Å². The maximum atomic E-state index is 12.7. The Balaban J connectivity index is 1.44. The van der Waals surface area contributed by atoms with Crippen LogP contribution in [0, 0.1) is 0 Å². The van der Waals surface area contributed by atoms with Crippen molar-refractivity contribution in [2.75, 3.05) is 13.7 Å². The SMILES string of the molecule is COC(=O)c1cnnn1[C@H]1C[C@H](n2ccc(=O)[nH]c2=O)O[C@@H]1COC(c1ccccc1)(c1ccccc1)c1ccccc1. The number of nitrogens with zero attached hydrogens (tertiary/aromatic N) is 4. The van der Waals surface area contributed by atoms with Crippen LogP contribution >= 0.6 is 0 Å². The number of aromatic amines is 1. The predicted molar refractivity (Wildman–Crippen MR) is 155 cm³/mol. The molecule has 11 heteroatoms. The van der Waals surface area contributed by atoms with Crippen LogP contribution in [0.5, 0.6) is 0 Å². The number of hydrogen-bond acceptors (Lipinski definition) is 8. The topological polar surface area (TPSA) is 130 Å². The van der Waals surface area contributed by atoms with Gasteiger partial charge >= 0.3 is 11.7 Å². The first-order chi connectivity index (χ1) is 21.0. The van der Waals surface area contributed by atoms with Gasteiger partial charge in [0.1, 0.15) is 17.9 Å². The molecule has 3 atom stereocenters. The summed E-state index contributed by atoms with van der Waals surface area (Å²) < 4.78 is 21.2. The Morgan fingerprint density at radius 2 is 1.51 bits per heavy atom. The van der Waals surface area contributed by atoms with Gasteiger partial charge < -0.3 is 14.2 Å². The van der Waals surface area contributed by atoms with Gasteiger partial charge in [0.25, 0.3) is 5.56 Å². The van der Waals surface area contributed by atoms with Crippen molar-refractivity contribution in [1.29, 1.82) is 0 Å². The fraction of sp³-hybridized carbons (Fsp3) is 0.219. The molecule has 0 unspecified atom stereocenters. The fourth-order valence-corrected chi connectivity index (χ4v) is 5.66. The third-order valence-electron chi connectivity index (χ3n) is 7.65. The first-order valence-electron chi connectivity index (χ1n) is 13.8. The quantitative estimate of drug-likeness (QED) is 0.208. The number of benzene rings is 3. The standard InChI is InChI=1S/C32H29N5O6/c1-41-30(39)26-20-33-35-37(26)25-19-29(36-18-17-28(38)34-31(36)40)43-27(25)21-42-32(22-11-5-2-6-12-22,23-13-7-3-8-14-23)24-15-9-4-10-16-24/h2-18,20,25,27,29H,19,21H2,1H3,(H,34,38,40)/t25-,27+,29+/m0/s1. The van der Waals surface area contributed by atoms with Gasteiger partial charge in [-0.3, -0.25) is 14.3 Å². The van der Waals surface area contributed by atoms with Crippen LogP contribution in [0.25, 0.3) is 0 Å². The molecular formula is C32H29N5O6. The van der Waals surface area contributed by atoms with Crippen molar-refractivity contribution in [1.82, 2.24) is 24.5 Å². The van der Waals surface area contributed by atoms with E-state index in [0.717, 1.165) is 16.7 Å². The second kappa shape index (κ2) is 12.0. The van der Waals surface area contributed by atoms with Gasteiger partial charge in [-0.15, -0.1) is 5.10 Å². The van der Waals surface area contributed by atoms with Crippen LogP contribution in [-0.2, 0) is 19.8 Å². The highest BCUT2D eigenvalue weighted by Gasteiger charge is 2.44. The molecule has 43 heavy (non-hydrogen) atoms. The zero-order valence-corrected chi connectivity index (χ0v) is 23.3. The summed E-state index contributed by atoms with van der Waals surface area (Å²) in [6.07, 6.45) is 1.48. The van der Waals surface area contributed by atoms with E-state index in [2.05, 4.69) is 15.3 Å². The summed E-state index contributed by atoms with van der Waals surface area (Å²) in [5.41, 5.74) is 0.702. The number of H-pyrrole nitrogens is 1. The van der Waals surface area contributed by atoms with Crippen molar-refractivity contribution in [2.24, 2.45) is 0 Å². The lowest BCUT2D eigenvalue weighted by Gasteiger charge is -2.37. The van der Waals surface area contributed by atoms with Crippen LogP contribution in [0.4, 0.5) is 0 Å². The molecule has 1 fully saturated rings. The number of hydrogen-bond donors (Lipinski definition) is 1. The Morgan fingerprint density at radius 3 is 2.05 bits per heavy atom. The zero-order valence-electron chi connectivity index (χ0n) is 23.3. The van der Waals surface area contributed by atoms with Gasteiger partial charge in [-0.1, -0.05) is 96.2 Å². The maximum absolute atomic E-state index is 12.7. The van der Waals surface area contributed by atoms with Crippen LogP contribution in [0.1, 0.15) is 45.9 Å². The van der Waals surface area contributed by atoms with E-state index >= 15 is 0 Å².